The number of nitrogens with zero attached hydrogens (tertiary/aromatic N) is 3. The number of amides is 1. The van der Waals surface area contributed by atoms with Crippen molar-refractivity contribution in [2.75, 3.05) is 6.54 Å². The van der Waals surface area contributed by atoms with Crippen LogP contribution in [0.1, 0.15) is 27.4 Å². The molecule has 0 atom stereocenters. The lowest BCUT2D eigenvalue weighted by atomic mass is 10.0. The van der Waals surface area contributed by atoms with Crippen molar-refractivity contribution in [1.82, 2.24) is 19.9 Å². The van der Waals surface area contributed by atoms with Crippen LogP contribution in [0.5, 0.6) is 0 Å². The monoisotopic (exact) mass is 360 g/mol. The summed E-state index contributed by atoms with van der Waals surface area (Å²) >= 11 is 12.4. The molecule has 0 fully saturated rings. The van der Waals surface area contributed by atoms with Crippen LogP contribution in [0.2, 0.25) is 10.0 Å². The molecule has 122 valence electrons. The fraction of sp³-hybridized carbons (Fsp3) is 0.235. The van der Waals surface area contributed by atoms with E-state index in [1.54, 1.807) is 23.4 Å². The second-order valence-corrected chi connectivity index (χ2v) is 6.71. The number of nitrogens with one attached hydrogen (secondary N) is 1. The van der Waals surface area contributed by atoms with Gasteiger partial charge in [0.05, 0.1) is 15.6 Å². The highest BCUT2D eigenvalue weighted by Gasteiger charge is 2.26. The maximum atomic E-state index is 12.6. The molecule has 0 unspecified atom stereocenters. The van der Waals surface area contributed by atoms with Crippen LogP contribution in [-0.4, -0.2) is 32.3 Å². The summed E-state index contributed by atoms with van der Waals surface area (Å²) in [4.78, 5) is 26.0. The average molecular weight is 361 g/mol. The Kier molecular flexibility index (Phi) is 3.70. The minimum absolute atomic E-state index is 0.157. The highest BCUT2D eigenvalue weighted by atomic mass is 35.5. The van der Waals surface area contributed by atoms with Gasteiger partial charge in [-0.3, -0.25) is 4.79 Å². The number of halogens is 2. The van der Waals surface area contributed by atoms with E-state index in [0.717, 1.165) is 34.1 Å². The zero-order valence-electron chi connectivity index (χ0n) is 12.9. The van der Waals surface area contributed by atoms with Crippen molar-refractivity contribution in [3.8, 4) is 0 Å². The lowest BCUT2D eigenvalue weighted by Crippen LogP contribution is -2.36. The molecular formula is C17H14Cl2N4O. The maximum Gasteiger partial charge on any atom is 0.291 e. The number of aromatic nitrogens is 3. The van der Waals surface area contributed by atoms with Gasteiger partial charge in [-0.25, -0.2) is 9.97 Å². The summed E-state index contributed by atoms with van der Waals surface area (Å²) in [6, 6.07) is 3.72. The average Bonchev–Trinajstić information content (AvgIpc) is 2.97. The van der Waals surface area contributed by atoms with E-state index in [0.29, 0.717) is 23.1 Å². The lowest BCUT2D eigenvalue weighted by Gasteiger charge is -2.26. The number of aryl methyl sites for hydroxylation is 1. The van der Waals surface area contributed by atoms with Crippen molar-refractivity contribution < 1.29 is 4.79 Å². The third-order valence-corrected chi connectivity index (χ3v) is 5.10. The molecule has 1 aliphatic rings. The van der Waals surface area contributed by atoms with Crippen LogP contribution >= 0.6 is 23.2 Å². The van der Waals surface area contributed by atoms with Crippen LogP contribution in [0.4, 0.5) is 0 Å². The fourth-order valence-corrected chi connectivity index (χ4v) is 3.41. The Bertz CT molecular complexity index is 949. The number of hydrogen-bond donors (Lipinski definition) is 1. The van der Waals surface area contributed by atoms with Gasteiger partial charge in [0.1, 0.15) is 0 Å². The number of rotatable bonds is 1. The van der Waals surface area contributed by atoms with Gasteiger partial charge in [-0.05, 0) is 18.6 Å². The van der Waals surface area contributed by atoms with Crippen molar-refractivity contribution in [3.05, 3.63) is 57.2 Å². The van der Waals surface area contributed by atoms with Gasteiger partial charge in [-0.2, -0.15) is 0 Å². The van der Waals surface area contributed by atoms with Crippen LogP contribution in [0, 0.1) is 6.92 Å². The SMILES string of the molecule is Cc1cnc(C(=O)N2CCc3[nH]c4c(Cl)c(Cl)ccc4c3C2)nc1. The summed E-state index contributed by atoms with van der Waals surface area (Å²) in [5, 5.41) is 2.04. The molecular weight excluding hydrogens is 347 g/mol. The van der Waals surface area contributed by atoms with E-state index in [9.17, 15) is 4.79 Å². The highest BCUT2D eigenvalue weighted by Crippen LogP contribution is 2.35. The molecule has 3 aromatic rings. The fourth-order valence-electron chi connectivity index (χ4n) is 3.04. The van der Waals surface area contributed by atoms with Crippen LogP contribution in [0.15, 0.2) is 24.5 Å². The van der Waals surface area contributed by atoms with E-state index in [1.165, 1.54) is 0 Å². The van der Waals surface area contributed by atoms with E-state index in [-0.39, 0.29) is 11.7 Å². The maximum absolute atomic E-state index is 12.6. The molecule has 0 radical (unpaired) electrons. The Morgan fingerprint density at radius 2 is 2.00 bits per heavy atom. The van der Waals surface area contributed by atoms with Gasteiger partial charge in [0.25, 0.3) is 5.91 Å². The molecule has 1 N–H and O–H groups in total. The summed E-state index contributed by atoms with van der Waals surface area (Å²) in [5.41, 5.74) is 3.93. The second kappa shape index (κ2) is 5.76. The third kappa shape index (κ3) is 2.44. The highest BCUT2D eigenvalue weighted by molar-refractivity contribution is 6.45. The topological polar surface area (TPSA) is 61.9 Å². The third-order valence-electron chi connectivity index (χ3n) is 4.30. The van der Waals surface area contributed by atoms with Crippen LogP contribution < -0.4 is 0 Å². The number of carbonyl (C=O) groups is 1. The van der Waals surface area contributed by atoms with Gasteiger partial charge in [-0.15, -0.1) is 0 Å². The molecule has 1 amide bonds. The van der Waals surface area contributed by atoms with Crippen molar-refractivity contribution >= 4 is 40.0 Å². The molecule has 0 saturated carbocycles. The van der Waals surface area contributed by atoms with Crippen molar-refractivity contribution in [2.45, 2.75) is 19.9 Å². The molecule has 1 aromatic carbocycles. The molecule has 5 nitrogen and oxygen atoms in total. The molecule has 4 rings (SSSR count). The van der Waals surface area contributed by atoms with Crippen molar-refractivity contribution in [1.29, 1.82) is 0 Å². The standard InChI is InChI=1S/C17H14Cl2N4O/c1-9-6-20-16(21-7-9)17(24)23-5-4-13-11(8-23)10-2-3-12(18)14(19)15(10)22-13/h2-3,6-7,22H,4-5,8H2,1H3. The minimum atomic E-state index is -0.157. The molecule has 7 heteroatoms. The van der Waals surface area contributed by atoms with E-state index >= 15 is 0 Å². The summed E-state index contributed by atoms with van der Waals surface area (Å²) in [6.45, 7) is 3.01. The number of H-pyrrole nitrogens is 1. The van der Waals surface area contributed by atoms with Crippen LogP contribution in [0.25, 0.3) is 10.9 Å². The number of benzene rings is 1. The lowest BCUT2D eigenvalue weighted by molar-refractivity contribution is 0.0722. The van der Waals surface area contributed by atoms with E-state index in [4.69, 9.17) is 23.2 Å². The first-order valence-corrected chi connectivity index (χ1v) is 8.35. The predicted molar refractivity (Wildman–Crippen MR) is 93.5 cm³/mol. The molecule has 1 aliphatic heterocycles. The van der Waals surface area contributed by atoms with Gasteiger partial charge in [0, 0.05) is 48.5 Å². The Morgan fingerprint density at radius 1 is 1.25 bits per heavy atom. The molecule has 2 aromatic heterocycles. The van der Waals surface area contributed by atoms with Crippen molar-refractivity contribution in [3.63, 3.8) is 0 Å². The Morgan fingerprint density at radius 3 is 2.75 bits per heavy atom. The number of carbonyl (C=O) groups excluding carboxylic acids is 1. The largest absolute Gasteiger partial charge is 0.357 e. The Labute approximate surface area is 148 Å². The minimum Gasteiger partial charge on any atom is -0.357 e. The van der Waals surface area contributed by atoms with Gasteiger partial charge >= 0.3 is 0 Å². The van der Waals surface area contributed by atoms with Crippen LogP contribution in [-0.2, 0) is 13.0 Å². The molecule has 0 bridgehead atoms. The quantitative estimate of drug-likeness (QED) is 0.718. The molecule has 0 saturated heterocycles. The zero-order chi connectivity index (χ0) is 16.8. The van der Waals surface area contributed by atoms with E-state index in [1.807, 2.05) is 13.0 Å². The van der Waals surface area contributed by atoms with Gasteiger partial charge in [0.15, 0.2) is 0 Å². The number of aromatic amines is 1. The van der Waals surface area contributed by atoms with Gasteiger partial charge < -0.3 is 9.88 Å². The number of hydrogen-bond acceptors (Lipinski definition) is 3. The first kappa shape index (κ1) is 15.4. The second-order valence-electron chi connectivity index (χ2n) is 5.93. The summed E-state index contributed by atoms with van der Waals surface area (Å²) in [6.07, 6.45) is 4.04. The summed E-state index contributed by atoms with van der Waals surface area (Å²) in [7, 11) is 0. The van der Waals surface area contributed by atoms with Crippen molar-refractivity contribution in [2.24, 2.45) is 0 Å². The number of fused-ring (bicyclic) bond motifs is 3. The molecule has 3 heterocycles. The summed E-state index contributed by atoms with van der Waals surface area (Å²) in [5.74, 6) is 0.0695. The Balaban J connectivity index is 1.69. The molecule has 24 heavy (non-hydrogen) atoms. The summed E-state index contributed by atoms with van der Waals surface area (Å²) < 4.78 is 0. The first-order valence-electron chi connectivity index (χ1n) is 7.60. The molecule has 0 aliphatic carbocycles. The van der Waals surface area contributed by atoms with Gasteiger partial charge in [-0.1, -0.05) is 29.3 Å². The zero-order valence-corrected chi connectivity index (χ0v) is 14.4. The molecule has 0 spiro atoms. The van der Waals surface area contributed by atoms with E-state index in [2.05, 4.69) is 15.0 Å². The van der Waals surface area contributed by atoms with Gasteiger partial charge in [0.2, 0.25) is 5.82 Å². The van der Waals surface area contributed by atoms with E-state index < -0.39 is 0 Å². The predicted octanol–water partition coefficient (Wildman–Crippen LogP) is 3.77. The smallest absolute Gasteiger partial charge is 0.291 e. The normalized spacial score (nSPS) is 14.0. The Hall–Kier alpha value is -2.11. The van der Waals surface area contributed by atoms with Crippen LogP contribution in [0.3, 0.4) is 0 Å². The first-order chi connectivity index (χ1) is 11.5.